The fourth-order valence-corrected chi connectivity index (χ4v) is 1.83. The minimum atomic E-state index is 0.215. The third kappa shape index (κ3) is 2.64. The Bertz CT molecular complexity index is 335. The zero-order valence-electron chi connectivity index (χ0n) is 8.94. The molecule has 2 heterocycles. The zero-order valence-corrected chi connectivity index (χ0v) is 8.94. The average Bonchev–Trinajstić information content (AvgIpc) is 2.31. The molecule has 2 rings (SSSR count). The molecule has 1 aromatic heterocycles. The fraction of sp³-hybridized carbons (Fsp3) is 0.417. The number of hydrogen-bond donors (Lipinski definition) is 1. The van der Waals surface area contributed by atoms with Gasteiger partial charge in [-0.05, 0) is 36.2 Å². The van der Waals surface area contributed by atoms with E-state index in [0.717, 1.165) is 19.5 Å². The van der Waals surface area contributed by atoms with Gasteiger partial charge in [-0.2, -0.15) is 0 Å². The number of aromatic nitrogens is 1. The van der Waals surface area contributed by atoms with E-state index in [9.17, 15) is 0 Å². The van der Waals surface area contributed by atoms with Crippen LogP contribution in [0.5, 0.6) is 0 Å². The molecule has 1 atom stereocenters. The monoisotopic (exact) mass is 204 g/mol. The molecule has 80 valence electrons. The maximum absolute atomic E-state index is 5.43. The van der Waals surface area contributed by atoms with E-state index in [1.165, 1.54) is 11.1 Å². The molecule has 0 aromatic carbocycles. The Morgan fingerprint density at radius 3 is 3.00 bits per heavy atom. The second kappa shape index (κ2) is 5.05. The Morgan fingerprint density at radius 1 is 1.47 bits per heavy atom. The van der Waals surface area contributed by atoms with Gasteiger partial charge in [-0.25, -0.2) is 0 Å². The molecule has 1 aromatic rings. The van der Waals surface area contributed by atoms with Crippen LogP contribution in [0.2, 0.25) is 0 Å². The van der Waals surface area contributed by atoms with Crippen LogP contribution >= 0.6 is 0 Å². The lowest BCUT2D eigenvalue weighted by Gasteiger charge is -2.25. The van der Waals surface area contributed by atoms with Crippen LogP contribution < -0.4 is 5.32 Å². The lowest BCUT2D eigenvalue weighted by molar-refractivity contribution is 0.120. The van der Waals surface area contributed by atoms with Gasteiger partial charge in [0.25, 0.3) is 0 Å². The van der Waals surface area contributed by atoms with E-state index >= 15 is 0 Å². The number of nitrogens with one attached hydrogen (secondary N) is 1. The Labute approximate surface area is 90.2 Å². The largest absolute Gasteiger partial charge is 0.376 e. The van der Waals surface area contributed by atoms with Crippen molar-refractivity contribution in [2.45, 2.75) is 12.5 Å². The van der Waals surface area contributed by atoms with Gasteiger partial charge in [0, 0.05) is 26.0 Å². The van der Waals surface area contributed by atoms with Crippen LogP contribution in [0.4, 0.5) is 0 Å². The van der Waals surface area contributed by atoms with Crippen molar-refractivity contribution >= 4 is 6.08 Å². The molecule has 0 saturated carbocycles. The van der Waals surface area contributed by atoms with Crippen LogP contribution in [-0.4, -0.2) is 31.3 Å². The summed E-state index contributed by atoms with van der Waals surface area (Å²) in [4.78, 5) is 4.00. The Morgan fingerprint density at radius 2 is 2.27 bits per heavy atom. The molecular formula is C12H16N2O. The van der Waals surface area contributed by atoms with E-state index in [-0.39, 0.29) is 6.10 Å². The summed E-state index contributed by atoms with van der Waals surface area (Å²) in [6, 6.07) is 4.03. The van der Waals surface area contributed by atoms with Gasteiger partial charge < -0.3 is 10.1 Å². The number of nitrogens with zero attached hydrogens (tertiary/aromatic N) is 1. The molecule has 0 amide bonds. The van der Waals surface area contributed by atoms with E-state index < -0.39 is 0 Å². The first kappa shape index (κ1) is 10.3. The van der Waals surface area contributed by atoms with Crippen LogP contribution in [0, 0.1) is 0 Å². The average molecular weight is 204 g/mol. The summed E-state index contributed by atoms with van der Waals surface area (Å²) in [7, 11) is 1.76. The number of pyridine rings is 1. The summed E-state index contributed by atoms with van der Waals surface area (Å²) in [6.07, 6.45) is 7.11. The molecular weight excluding hydrogens is 188 g/mol. The third-order valence-corrected chi connectivity index (χ3v) is 2.68. The molecule has 0 bridgehead atoms. The molecule has 1 unspecified atom stereocenters. The molecule has 1 aliphatic rings. The Hall–Kier alpha value is -1.19. The van der Waals surface area contributed by atoms with E-state index in [2.05, 4.69) is 16.4 Å². The van der Waals surface area contributed by atoms with Crippen molar-refractivity contribution in [2.75, 3.05) is 20.2 Å². The van der Waals surface area contributed by atoms with Gasteiger partial charge in [0.05, 0.1) is 6.10 Å². The molecule has 1 fully saturated rings. The molecule has 3 nitrogen and oxygen atoms in total. The normalized spacial score (nSPS) is 24.3. The SMILES string of the molecule is COC1CNCCC1=Cc1ccncc1. The second-order valence-corrected chi connectivity index (χ2v) is 3.68. The maximum Gasteiger partial charge on any atom is 0.0909 e. The number of methoxy groups -OCH3 is 1. The highest BCUT2D eigenvalue weighted by atomic mass is 16.5. The number of hydrogen-bond acceptors (Lipinski definition) is 3. The Kier molecular flexibility index (Phi) is 3.48. The quantitative estimate of drug-likeness (QED) is 0.792. The molecule has 1 aliphatic heterocycles. The molecule has 0 aliphatic carbocycles. The summed E-state index contributed by atoms with van der Waals surface area (Å²) in [5.74, 6) is 0. The molecule has 1 N–H and O–H groups in total. The van der Waals surface area contributed by atoms with Gasteiger partial charge in [0.1, 0.15) is 0 Å². The minimum Gasteiger partial charge on any atom is -0.376 e. The summed E-state index contributed by atoms with van der Waals surface area (Å²) in [5.41, 5.74) is 2.56. The number of piperidine rings is 1. The first-order chi connectivity index (χ1) is 7.40. The smallest absolute Gasteiger partial charge is 0.0909 e. The van der Waals surface area contributed by atoms with Gasteiger partial charge in [0.2, 0.25) is 0 Å². The third-order valence-electron chi connectivity index (χ3n) is 2.68. The Balaban J connectivity index is 2.17. The highest BCUT2D eigenvalue weighted by Crippen LogP contribution is 2.17. The number of rotatable bonds is 2. The molecule has 1 saturated heterocycles. The van der Waals surface area contributed by atoms with Crippen molar-refractivity contribution in [3.05, 3.63) is 35.7 Å². The second-order valence-electron chi connectivity index (χ2n) is 3.68. The van der Waals surface area contributed by atoms with Crippen molar-refractivity contribution < 1.29 is 4.74 Å². The zero-order chi connectivity index (χ0) is 10.5. The van der Waals surface area contributed by atoms with Crippen molar-refractivity contribution in [2.24, 2.45) is 0 Å². The highest BCUT2D eigenvalue weighted by Gasteiger charge is 2.17. The first-order valence-corrected chi connectivity index (χ1v) is 5.24. The minimum absolute atomic E-state index is 0.215. The van der Waals surface area contributed by atoms with E-state index in [1.54, 1.807) is 7.11 Å². The number of ether oxygens (including phenoxy) is 1. The van der Waals surface area contributed by atoms with Crippen LogP contribution in [0.3, 0.4) is 0 Å². The van der Waals surface area contributed by atoms with Crippen LogP contribution in [0.1, 0.15) is 12.0 Å². The summed E-state index contributed by atoms with van der Waals surface area (Å²) < 4.78 is 5.43. The van der Waals surface area contributed by atoms with Crippen LogP contribution in [0.25, 0.3) is 6.08 Å². The van der Waals surface area contributed by atoms with E-state index in [1.807, 2.05) is 24.5 Å². The summed E-state index contributed by atoms with van der Waals surface area (Å²) in [5, 5.41) is 3.32. The van der Waals surface area contributed by atoms with Crippen molar-refractivity contribution in [1.82, 2.24) is 10.3 Å². The van der Waals surface area contributed by atoms with E-state index in [4.69, 9.17) is 4.74 Å². The highest BCUT2D eigenvalue weighted by molar-refractivity contribution is 5.53. The van der Waals surface area contributed by atoms with Crippen LogP contribution in [-0.2, 0) is 4.74 Å². The standard InChI is InChI=1S/C12H16N2O/c1-15-12-9-14-7-4-11(12)8-10-2-5-13-6-3-10/h2-3,5-6,8,12,14H,4,7,9H2,1H3. The van der Waals surface area contributed by atoms with Crippen molar-refractivity contribution in [3.63, 3.8) is 0 Å². The summed E-state index contributed by atoms with van der Waals surface area (Å²) >= 11 is 0. The predicted molar refractivity (Wildman–Crippen MR) is 60.5 cm³/mol. The molecule has 0 spiro atoms. The predicted octanol–water partition coefficient (Wildman–Crippen LogP) is 1.47. The lowest BCUT2D eigenvalue weighted by Crippen LogP contribution is -2.36. The van der Waals surface area contributed by atoms with Crippen LogP contribution in [0.15, 0.2) is 30.1 Å². The van der Waals surface area contributed by atoms with Gasteiger partial charge in [-0.1, -0.05) is 6.08 Å². The topological polar surface area (TPSA) is 34.1 Å². The molecule has 15 heavy (non-hydrogen) atoms. The first-order valence-electron chi connectivity index (χ1n) is 5.24. The van der Waals surface area contributed by atoms with Gasteiger partial charge in [0.15, 0.2) is 0 Å². The van der Waals surface area contributed by atoms with Gasteiger partial charge in [-0.15, -0.1) is 0 Å². The maximum atomic E-state index is 5.43. The van der Waals surface area contributed by atoms with Crippen molar-refractivity contribution in [3.8, 4) is 0 Å². The molecule has 3 heteroatoms. The van der Waals surface area contributed by atoms with E-state index in [0.29, 0.717) is 0 Å². The lowest BCUT2D eigenvalue weighted by atomic mass is 10.00. The van der Waals surface area contributed by atoms with Crippen molar-refractivity contribution in [1.29, 1.82) is 0 Å². The van der Waals surface area contributed by atoms with Gasteiger partial charge in [-0.3, -0.25) is 4.98 Å². The molecule has 0 radical (unpaired) electrons. The van der Waals surface area contributed by atoms with Gasteiger partial charge >= 0.3 is 0 Å². The fourth-order valence-electron chi connectivity index (χ4n) is 1.83. The summed E-state index contributed by atoms with van der Waals surface area (Å²) in [6.45, 7) is 1.95.